The summed E-state index contributed by atoms with van der Waals surface area (Å²) in [5.41, 5.74) is 2.89. The summed E-state index contributed by atoms with van der Waals surface area (Å²) in [5, 5.41) is 16.0. The van der Waals surface area contributed by atoms with Gasteiger partial charge in [0.05, 0.1) is 23.0 Å². The first-order valence-electron chi connectivity index (χ1n) is 11.5. The third-order valence-electron chi connectivity index (χ3n) is 5.45. The van der Waals surface area contributed by atoms with Crippen LogP contribution in [0.4, 0.5) is 0 Å². The van der Waals surface area contributed by atoms with Crippen LogP contribution in [0.25, 0.3) is 5.69 Å². The molecule has 1 N–H and O–H groups in total. The number of unbranched alkanes of at least 4 members (excludes halogenated alkanes) is 1. The van der Waals surface area contributed by atoms with Crippen LogP contribution in [-0.2, 0) is 6.54 Å². The van der Waals surface area contributed by atoms with E-state index in [0.29, 0.717) is 29.7 Å². The zero-order chi connectivity index (χ0) is 22.9. The minimum absolute atomic E-state index is 0.327. The number of halogens is 1. The van der Waals surface area contributed by atoms with Gasteiger partial charge in [0.25, 0.3) is 0 Å². The second kappa shape index (κ2) is 12.0. The monoisotopic (exact) mass is 455 g/mol. The first kappa shape index (κ1) is 24.3. The third-order valence-corrected chi connectivity index (χ3v) is 5.70. The number of aromatic nitrogens is 2. The molecule has 1 heterocycles. The molecule has 0 aliphatic heterocycles. The Morgan fingerprint density at radius 3 is 2.44 bits per heavy atom. The lowest BCUT2D eigenvalue weighted by Crippen LogP contribution is -2.33. The van der Waals surface area contributed by atoms with E-state index in [2.05, 4.69) is 18.7 Å². The highest BCUT2D eigenvalue weighted by Gasteiger charge is 2.22. The zero-order valence-corrected chi connectivity index (χ0v) is 20.1. The van der Waals surface area contributed by atoms with Crippen molar-refractivity contribution >= 4 is 11.6 Å². The second-order valence-corrected chi connectivity index (χ2v) is 8.64. The Hall–Kier alpha value is -2.34. The Morgan fingerprint density at radius 1 is 1.06 bits per heavy atom. The molecule has 2 aromatic carbocycles. The van der Waals surface area contributed by atoms with Crippen molar-refractivity contribution in [2.75, 3.05) is 13.1 Å². The zero-order valence-electron chi connectivity index (χ0n) is 19.3. The Labute approximate surface area is 196 Å². The number of nitrogens with zero attached hydrogens (tertiary/aromatic N) is 3. The number of aryl methyl sites for hydroxylation is 1. The van der Waals surface area contributed by atoms with Gasteiger partial charge in [-0.05, 0) is 62.7 Å². The normalized spacial score (nSPS) is 12.3. The summed E-state index contributed by atoms with van der Waals surface area (Å²) in [6, 6.07) is 17.4. The van der Waals surface area contributed by atoms with Gasteiger partial charge in [-0.1, -0.05) is 56.5 Å². The molecule has 0 unspecified atom stereocenters. The van der Waals surface area contributed by atoms with E-state index in [9.17, 15) is 5.11 Å². The fraction of sp³-hybridized carbons (Fsp3) is 0.423. The van der Waals surface area contributed by atoms with Crippen molar-refractivity contribution in [3.63, 3.8) is 0 Å². The molecule has 0 aliphatic rings. The Morgan fingerprint density at radius 2 is 1.78 bits per heavy atom. The summed E-state index contributed by atoms with van der Waals surface area (Å²) >= 11 is 6.06. The maximum absolute atomic E-state index is 10.5. The molecule has 0 radical (unpaired) electrons. The summed E-state index contributed by atoms with van der Waals surface area (Å²) in [7, 11) is 0. The van der Waals surface area contributed by atoms with E-state index >= 15 is 0 Å². The fourth-order valence-corrected chi connectivity index (χ4v) is 3.91. The van der Waals surface area contributed by atoms with Crippen LogP contribution in [-0.4, -0.2) is 39.0 Å². The molecular weight excluding hydrogens is 422 g/mol. The van der Waals surface area contributed by atoms with Gasteiger partial charge >= 0.3 is 0 Å². The Bertz CT molecular complexity index is 957. The predicted octanol–water partition coefficient (Wildman–Crippen LogP) is 6.39. The van der Waals surface area contributed by atoms with E-state index in [4.69, 9.17) is 21.4 Å². The Kier molecular flexibility index (Phi) is 9.15. The Balaban J connectivity index is 1.94. The van der Waals surface area contributed by atoms with Crippen molar-refractivity contribution in [2.24, 2.45) is 0 Å². The number of hydrogen-bond acceptors (Lipinski definition) is 4. The van der Waals surface area contributed by atoms with Gasteiger partial charge in [0, 0.05) is 18.1 Å². The number of rotatable bonds is 12. The van der Waals surface area contributed by atoms with Gasteiger partial charge in [-0.15, -0.1) is 0 Å². The molecule has 0 saturated heterocycles. The average molecular weight is 456 g/mol. The van der Waals surface area contributed by atoms with Gasteiger partial charge in [0.15, 0.2) is 0 Å². The first-order chi connectivity index (χ1) is 15.5. The average Bonchev–Trinajstić information content (AvgIpc) is 3.09. The molecule has 0 bridgehead atoms. The van der Waals surface area contributed by atoms with Crippen LogP contribution in [0.15, 0.2) is 54.6 Å². The van der Waals surface area contributed by atoms with Crippen molar-refractivity contribution in [1.82, 2.24) is 14.7 Å². The SMILES string of the molecule is CCCC[C@H](O)CN(CCC)Cc1c(C)nn(-c2ccccc2)c1Oc1ccc(Cl)cc1. The van der Waals surface area contributed by atoms with Crippen LogP contribution in [0.1, 0.15) is 50.8 Å². The van der Waals surface area contributed by atoms with Crippen molar-refractivity contribution < 1.29 is 9.84 Å². The smallest absolute Gasteiger partial charge is 0.227 e. The van der Waals surface area contributed by atoms with Gasteiger partial charge in [0.1, 0.15) is 5.75 Å². The standard InChI is InChI=1S/C26H34ClN3O2/c1-4-6-12-23(31)18-29(17-5-2)19-25-20(3)28-30(22-10-8-7-9-11-22)26(25)32-24-15-13-21(27)14-16-24/h7-11,13-16,23,31H,4-6,12,17-19H2,1-3H3/t23-/m0/s1. The maximum Gasteiger partial charge on any atom is 0.227 e. The molecule has 32 heavy (non-hydrogen) atoms. The molecule has 0 aliphatic carbocycles. The number of para-hydroxylation sites is 1. The fourth-order valence-electron chi connectivity index (χ4n) is 3.79. The number of aliphatic hydroxyl groups is 1. The summed E-state index contributed by atoms with van der Waals surface area (Å²) in [6.45, 7) is 8.54. The molecule has 0 fully saturated rings. The van der Waals surface area contributed by atoms with Gasteiger partial charge in [-0.2, -0.15) is 5.10 Å². The summed E-state index contributed by atoms with van der Waals surface area (Å²) in [5.74, 6) is 1.40. The molecule has 1 atom stereocenters. The third kappa shape index (κ3) is 6.58. The van der Waals surface area contributed by atoms with Crippen molar-refractivity contribution in [3.8, 4) is 17.3 Å². The van der Waals surface area contributed by atoms with E-state index in [1.165, 1.54) is 0 Å². The van der Waals surface area contributed by atoms with Gasteiger partial charge in [-0.3, -0.25) is 4.90 Å². The van der Waals surface area contributed by atoms with Crippen molar-refractivity contribution in [1.29, 1.82) is 0 Å². The molecular formula is C26H34ClN3O2. The lowest BCUT2D eigenvalue weighted by atomic mass is 10.1. The maximum atomic E-state index is 10.5. The molecule has 3 aromatic rings. The summed E-state index contributed by atoms with van der Waals surface area (Å²) in [4.78, 5) is 2.30. The first-order valence-corrected chi connectivity index (χ1v) is 11.9. The van der Waals surface area contributed by atoms with Crippen molar-refractivity contribution in [3.05, 3.63) is 70.9 Å². The van der Waals surface area contributed by atoms with Crippen LogP contribution in [0, 0.1) is 6.92 Å². The highest BCUT2D eigenvalue weighted by atomic mass is 35.5. The quantitative estimate of drug-likeness (QED) is 0.343. The van der Waals surface area contributed by atoms with Crippen molar-refractivity contribution in [2.45, 2.75) is 59.1 Å². The number of ether oxygens (including phenoxy) is 1. The van der Waals surface area contributed by atoms with E-state index < -0.39 is 0 Å². The highest BCUT2D eigenvalue weighted by Crippen LogP contribution is 2.32. The number of hydrogen-bond donors (Lipinski definition) is 1. The lowest BCUT2D eigenvalue weighted by molar-refractivity contribution is 0.0991. The molecule has 1 aromatic heterocycles. The number of benzene rings is 2. The van der Waals surface area contributed by atoms with Gasteiger partial charge < -0.3 is 9.84 Å². The predicted molar refractivity (Wildman–Crippen MR) is 131 cm³/mol. The molecule has 0 amide bonds. The minimum atomic E-state index is -0.327. The topological polar surface area (TPSA) is 50.5 Å². The largest absolute Gasteiger partial charge is 0.439 e. The molecule has 5 nitrogen and oxygen atoms in total. The lowest BCUT2D eigenvalue weighted by Gasteiger charge is -2.25. The van der Waals surface area contributed by atoms with Gasteiger partial charge in [0.2, 0.25) is 5.88 Å². The van der Waals surface area contributed by atoms with E-state index in [0.717, 1.165) is 49.2 Å². The van der Waals surface area contributed by atoms with E-state index in [1.807, 2.05) is 66.2 Å². The van der Waals surface area contributed by atoms with Crippen LogP contribution >= 0.6 is 11.6 Å². The van der Waals surface area contributed by atoms with E-state index in [1.54, 1.807) is 0 Å². The highest BCUT2D eigenvalue weighted by molar-refractivity contribution is 6.30. The summed E-state index contributed by atoms with van der Waals surface area (Å²) < 4.78 is 8.23. The molecule has 0 spiro atoms. The molecule has 6 heteroatoms. The molecule has 0 saturated carbocycles. The van der Waals surface area contributed by atoms with Crippen LogP contribution in [0.2, 0.25) is 5.02 Å². The second-order valence-electron chi connectivity index (χ2n) is 8.20. The van der Waals surface area contributed by atoms with Crippen LogP contribution in [0.5, 0.6) is 11.6 Å². The van der Waals surface area contributed by atoms with Gasteiger partial charge in [-0.25, -0.2) is 4.68 Å². The minimum Gasteiger partial charge on any atom is -0.439 e. The molecule has 172 valence electrons. The number of aliphatic hydroxyl groups excluding tert-OH is 1. The van der Waals surface area contributed by atoms with Crippen LogP contribution < -0.4 is 4.74 Å². The molecule has 3 rings (SSSR count). The summed E-state index contributed by atoms with van der Waals surface area (Å²) in [6.07, 6.45) is 3.64. The van der Waals surface area contributed by atoms with Crippen LogP contribution in [0.3, 0.4) is 0 Å². The van der Waals surface area contributed by atoms with E-state index in [-0.39, 0.29) is 6.10 Å².